The number of ether oxygens (including phenoxy) is 1. The summed E-state index contributed by atoms with van der Waals surface area (Å²) in [4.78, 5) is 0.164. The Bertz CT molecular complexity index is 422. The van der Waals surface area contributed by atoms with E-state index >= 15 is 0 Å². The molecule has 0 saturated heterocycles. The highest BCUT2D eigenvalue weighted by Crippen LogP contribution is 2.17. The SMILES string of the molecule is CCCCOS(=O)(=O)c1ccc(OCC)cc1. The molecule has 0 aliphatic rings. The van der Waals surface area contributed by atoms with Gasteiger partial charge in [-0.15, -0.1) is 0 Å². The molecule has 0 N–H and O–H groups in total. The maximum atomic E-state index is 11.7. The molecule has 0 fully saturated rings. The largest absolute Gasteiger partial charge is 0.494 e. The van der Waals surface area contributed by atoms with E-state index < -0.39 is 10.1 Å². The Morgan fingerprint density at radius 1 is 1.12 bits per heavy atom. The van der Waals surface area contributed by atoms with Crippen LogP contribution in [0, 0.1) is 0 Å². The highest BCUT2D eigenvalue weighted by molar-refractivity contribution is 7.86. The fraction of sp³-hybridized carbons (Fsp3) is 0.500. The van der Waals surface area contributed by atoms with E-state index in [9.17, 15) is 8.42 Å². The quantitative estimate of drug-likeness (QED) is 0.557. The maximum absolute atomic E-state index is 11.7. The molecule has 0 unspecified atom stereocenters. The predicted molar refractivity (Wildman–Crippen MR) is 65.7 cm³/mol. The Morgan fingerprint density at radius 2 is 1.76 bits per heavy atom. The molecule has 0 aromatic heterocycles. The van der Waals surface area contributed by atoms with Crippen molar-refractivity contribution >= 4 is 10.1 Å². The van der Waals surface area contributed by atoms with Gasteiger partial charge in [-0.25, -0.2) is 0 Å². The van der Waals surface area contributed by atoms with Crippen LogP contribution in [0.1, 0.15) is 26.7 Å². The van der Waals surface area contributed by atoms with Crippen LogP contribution in [0.15, 0.2) is 29.2 Å². The third-order valence-corrected chi connectivity index (χ3v) is 3.49. The monoisotopic (exact) mass is 258 g/mol. The summed E-state index contributed by atoms with van der Waals surface area (Å²) in [7, 11) is -3.62. The Kier molecular flexibility index (Phi) is 5.44. The van der Waals surface area contributed by atoms with Crippen molar-refractivity contribution < 1.29 is 17.3 Å². The van der Waals surface area contributed by atoms with Crippen molar-refractivity contribution in [3.8, 4) is 5.75 Å². The van der Waals surface area contributed by atoms with Gasteiger partial charge in [0.25, 0.3) is 10.1 Å². The number of unbranched alkanes of at least 4 members (excludes halogenated alkanes) is 1. The van der Waals surface area contributed by atoms with Crippen LogP contribution in [0.25, 0.3) is 0 Å². The normalized spacial score (nSPS) is 11.4. The zero-order valence-electron chi connectivity index (χ0n) is 10.2. The Balaban J connectivity index is 2.71. The molecule has 5 heteroatoms. The van der Waals surface area contributed by atoms with Crippen molar-refractivity contribution in [3.05, 3.63) is 24.3 Å². The Labute approximate surface area is 103 Å². The van der Waals surface area contributed by atoms with Crippen molar-refractivity contribution in [1.82, 2.24) is 0 Å². The van der Waals surface area contributed by atoms with Crippen molar-refractivity contribution in [1.29, 1.82) is 0 Å². The van der Waals surface area contributed by atoms with Gasteiger partial charge < -0.3 is 4.74 Å². The lowest BCUT2D eigenvalue weighted by atomic mass is 10.3. The van der Waals surface area contributed by atoms with Gasteiger partial charge in [-0.05, 0) is 37.6 Å². The second-order valence-electron chi connectivity index (χ2n) is 3.53. The minimum atomic E-state index is -3.62. The van der Waals surface area contributed by atoms with Crippen molar-refractivity contribution in [2.45, 2.75) is 31.6 Å². The summed E-state index contributed by atoms with van der Waals surface area (Å²) in [5.74, 6) is 0.653. The summed E-state index contributed by atoms with van der Waals surface area (Å²) in [5, 5.41) is 0. The smallest absolute Gasteiger partial charge is 0.296 e. The van der Waals surface area contributed by atoms with Crippen LogP contribution in [0.5, 0.6) is 5.75 Å². The van der Waals surface area contributed by atoms with Gasteiger partial charge in [0.05, 0.1) is 18.1 Å². The van der Waals surface area contributed by atoms with Gasteiger partial charge in [0.1, 0.15) is 5.75 Å². The minimum Gasteiger partial charge on any atom is -0.494 e. The zero-order chi connectivity index (χ0) is 12.7. The standard InChI is InChI=1S/C12H18O4S/c1-3-5-10-16-17(13,14)12-8-6-11(7-9-12)15-4-2/h6-9H,3-5,10H2,1-2H3. The molecule has 96 valence electrons. The predicted octanol–water partition coefficient (Wildman–Crippen LogP) is 2.59. The van der Waals surface area contributed by atoms with Crippen LogP contribution in [-0.2, 0) is 14.3 Å². The van der Waals surface area contributed by atoms with Gasteiger partial charge in [-0.3, -0.25) is 4.18 Å². The van der Waals surface area contributed by atoms with Crippen LogP contribution in [0.3, 0.4) is 0 Å². The van der Waals surface area contributed by atoms with Crippen LogP contribution < -0.4 is 4.74 Å². The topological polar surface area (TPSA) is 52.6 Å². The highest BCUT2D eigenvalue weighted by Gasteiger charge is 2.14. The lowest BCUT2D eigenvalue weighted by molar-refractivity contribution is 0.310. The molecule has 1 rings (SSSR count). The highest BCUT2D eigenvalue weighted by atomic mass is 32.2. The van der Waals surface area contributed by atoms with E-state index in [-0.39, 0.29) is 11.5 Å². The lowest BCUT2D eigenvalue weighted by Crippen LogP contribution is -2.07. The van der Waals surface area contributed by atoms with Gasteiger partial charge >= 0.3 is 0 Å². The molecule has 0 spiro atoms. The molecule has 0 radical (unpaired) electrons. The molecule has 0 aliphatic carbocycles. The van der Waals surface area contributed by atoms with Gasteiger partial charge in [-0.1, -0.05) is 13.3 Å². The zero-order valence-corrected chi connectivity index (χ0v) is 11.0. The fourth-order valence-electron chi connectivity index (χ4n) is 1.25. The minimum absolute atomic E-state index is 0.164. The lowest BCUT2D eigenvalue weighted by Gasteiger charge is -2.06. The third kappa shape index (κ3) is 4.36. The second-order valence-corrected chi connectivity index (χ2v) is 5.15. The molecule has 0 aliphatic heterocycles. The Morgan fingerprint density at radius 3 is 2.29 bits per heavy atom. The molecule has 1 aromatic carbocycles. The van der Waals surface area contributed by atoms with Crippen molar-refractivity contribution in [3.63, 3.8) is 0 Å². The van der Waals surface area contributed by atoms with Crippen LogP contribution in [0.2, 0.25) is 0 Å². The molecule has 0 atom stereocenters. The molecule has 0 heterocycles. The van der Waals surface area contributed by atoms with Crippen molar-refractivity contribution in [2.75, 3.05) is 13.2 Å². The second kappa shape index (κ2) is 6.61. The van der Waals surface area contributed by atoms with E-state index in [1.165, 1.54) is 12.1 Å². The van der Waals surface area contributed by atoms with Gasteiger partial charge in [0.2, 0.25) is 0 Å². The summed E-state index contributed by atoms with van der Waals surface area (Å²) >= 11 is 0. The van der Waals surface area contributed by atoms with E-state index in [0.717, 1.165) is 12.8 Å². The van der Waals surface area contributed by atoms with Crippen LogP contribution in [-0.4, -0.2) is 21.6 Å². The molecule has 0 saturated carbocycles. The average molecular weight is 258 g/mol. The first-order valence-electron chi connectivity index (χ1n) is 5.72. The number of hydrogen-bond donors (Lipinski definition) is 0. The van der Waals surface area contributed by atoms with E-state index in [0.29, 0.717) is 12.4 Å². The van der Waals surface area contributed by atoms with Gasteiger partial charge in [-0.2, -0.15) is 8.42 Å². The Hall–Kier alpha value is -1.07. The first kappa shape index (κ1) is 14.0. The van der Waals surface area contributed by atoms with Crippen molar-refractivity contribution in [2.24, 2.45) is 0 Å². The van der Waals surface area contributed by atoms with E-state index in [4.69, 9.17) is 8.92 Å². The molecule has 0 bridgehead atoms. The first-order valence-corrected chi connectivity index (χ1v) is 7.13. The number of benzene rings is 1. The van der Waals surface area contributed by atoms with Gasteiger partial charge in [0.15, 0.2) is 0 Å². The van der Waals surface area contributed by atoms with E-state index in [2.05, 4.69) is 0 Å². The molecule has 4 nitrogen and oxygen atoms in total. The summed E-state index contributed by atoms with van der Waals surface area (Å²) in [6, 6.07) is 6.23. The molecular weight excluding hydrogens is 240 g/mol. The molecule has 17 heavy (non-hydrogen) atoms. The average Bonchev–Trinajstić information content (AvgIpc) is 2.30. The number of rotatable bonds is 7. The fourth-order valence-corrected chi connectivity index (χ4v) is 2.19. The first-order chi connectivity index (χ1) is 8.10. The maximum Gasteiger partial charge on any atom is 0.296 e. The number of hydrogen-bond acceptors (Lipinski definition) is 4. The molecule has 0 amide bonds. The summed E-state index contributed by atoms with van der Waals surface area (Å²) in [6.07, 6.45) is 1.63. The summed E-state index contributed by atoms with van der Waals surface area (Å²) < 4.78 is 33.5. The molecular formula is C12H18O4S. The third-order valence-electron chi connectivity index (χ3n) is 2.16. The van der Waals surface area contributed by atoms with Gasteiger partial charge in [0, 0.05) is 0 Å². The van der Waals surface area contributed by atoms with E-state index in [1.54, 1.807) is 12.1 Å². The van der Waals surface area contributed by atoms with E-state index in [1.807, 2.05) is 13.8 Å². The summed E-state index contributed by atoms with van der Waals surface area (Å²) in [5.41, 5.74) is 0. The van der Waals surface area contributed by atoms with Crippen LogP contribution in [0.4, 0.5) is 0 Å². The summed E-state index contributed by atoms with van der Waals surface area (Å²) in [6.45, 7) is 4.64. The van der Waals surface area contributed by atoms with Crippen LogP contribution >= 0.6 is 0 Å². The molecule has 1 aromatic rings.